The predicted octanol–water partition coefficient (Wildman–Crippen LogP) is 2.78. The maximum atomic E-state index is 12.9. The molecule has 0 spiro atoms. The van der Waals surface area contributed by atoms with E-state index in [0.717, 1.165) is 5.56 Å². The van der Waals surface area contributed by atoms with Gasteiger partial charge in [0, 0.05) is 11.9 Å². The molecule has 2 aromatic rings. The van der Waals surface area contributed by atoms with Gasteiger partial charge in [-0.2, -0.15) is 0 Å². The summed E-state index contributed by atoms with van der Waals surface area (Å²) in [6, 6.07) is 9.22. The van der Waals surface area contributed by atoms with E-state index < -0.39 is 0 Å². The Hall–Kier alpha value is -2.23. The number of aryl methyl sites for hydroxylation is 1. The molecule has 3 nitrogen and oxygen atoms in total. The van der Waals surface area contributed by atoms with Gasteiger partial charge in [0.25, 0.3) is 5.91 Å². The summed E-state index contributed by atoms with van der Waals surface area (Å²) in [4.78, 5) is 15.7. The fourth-order valence-corrected chi connectivity index (χ4v) is 1.42. The lowest BCUT2D eigenvalue weighted by molar-refractivity contribution is 0.102. The molecular weight excluding hydrogens is 219 g/mol. The van der Waals surface area contributed by atoms with Gasteiger partial charge in [0.1, 0.15) is 11.5 Å². The SMILES string of the molecule is Cc1ccnc(C(=O)Nc2cccc(F)c2)c1. The average molecular weight is 230 g/mol. The first kappa shape index (κ1) is 11.3. The zero-order valence-corrected chi connectivity index (χ0v) is 9.27. The number of benzene rings is 1. The molecule has 17 heavy (non-hydrogen) atoms. The number of rotatable bonds is 2. The molecule has 1 amide bonds. The Labute approximate surface area is 98.3 Å². The van der Waals surface area contributed by atoms with Crippen LogP contribution in [0.25, 0.3) is 0 Å². The van der Waals surface area contributed by atoms with Crippen molar-refractivity contribution >= 4 is 11.6 Å². The molecule has 0 fully saturated rings. The van der Waals surface area contributed by atoms with Crippen molar-refractivity contribution in [2.45, 2.75) is 6.92 Å². The molecule has 0 bridgehead atoms. The zero-order chi connectivity index (χ0) is 12.3. The van der Waals surface area contributed by atoms with Gasteiger partial charge < -0.3 is 5.32 Å². The van der Waals surface area contributed by atoms with Gasteiger partial charge in [-0.3, -0.25) is 9.78 Å². The molecule has 0 unspecified atom stereocenters. The molecule has 0 atom stereocenters. The maximum absolute atomic E-state index is 12.9. The number of aromatic nitrogens is 1. The lowest BCUT2D eigenvalue weighted by Gasteiger charge is -2.04. The van der Waals surface area contributed by atoms with Crippen LogP contribution in [0, 0.1) is 12.7 Å². The molecule has 4 heteroatoms. The van der Waals surface area contributed by atoms with Gasteiger partial charge in [-0.05, 0) is 42.8 Å². The molecule has 1 aromatic heterocycles. The Kier molecular flexibility index (Phi) is 3.14. The van der Waals surface area contributed by atoms with Gasteiger partial charge in [-0.25, -0.2) is 4.39 Å². The third-order valence-corrected chi connectivity index (χ3v) is 2.23. The number of carbonyl (C=O) groups is 1. The van der Waals surface area contributed by atoms with Crippen LogP contribution < -0.4 is 5.32 Å². The number of carbonyl (C=O) groups excluding carboxylic acids is 1. The predicted molar refractivity (Wildman–Crippen MR) is 63.3 cm³/mol. The van der Waals surface area contributed by atoms with Crippen molar-refractivity contribution in [3.05, 3.63) is 59.7 Å². The third-order valence-electron chi connectivity index (χ3n) is 2.23. The fourth-order valence-electron chi connectivity index (χ4n) is 1.42. The summed E-state index contributed by atoms with van der Waals surface area (Å²) in [5, 5.41) is 2.58. The number of hydrogen-bond acceptors (Lipinski definition) is 2. The maximum Gasteiger partial charge on any atom is 0.274 e. The standard InChI is InChI=1S/C13H11FN2O/c1-9-5-6-15-12(7-9)13(17)16-11-4-2-3-10(14)8-11/h2-8H,1H3,(H,16,17). The highest BCUT2D eigenvalue weighted by atomic mass is 19.1. The quantitative estimate of drug-likeness (QED) is 0.861. The van der Waals surface area contributed by atoms with E-state index in [0.29, 0.717) is 11.4 Å². The summed E-state index contributed by atoms with van der Waals surface area (Å²) < 4.78 is 12.9. The van der Waals surface area contributed by atoms with Crippen molar-refractivity contribution in [1.29, 1.82) is 0 Å². The summed E-state index contributed by atoms with van der Waals surface area (Å²) in [5.74, 6) is -0.737. The highest BCUT2D eigenvalue weighted by Crippen LogP contribution is 2.10. The monoisotopic (exact) mass is 230 g/mol. The number of amides is 1. The molecule has 0 aliphatic heterocycles. The Morgan fingerprint density at radius 1 is 1.29 bits per heavy atom. The minimum Gasteiger partial charge on any atom is -0.321 e. The molecule has 0 radical (unpaired) electrons. The summed E-state index contributed by atoms with van der Waals surface area (Å²) in [6.07, 6.45) is 1.57. The average Bonchev–Trinajstić information content (AvgIpc) is 2.29. The van der Waals surface area contributed by atoms with Crippen LogP contribution in [0.5, 0.6) is 0 Å². The van der Waals surface area contributed by atoms with E-state index in [-0.39, 0.29) is 11.7 Å². The highest BCUT2D eigenvalue weighted by Gasteiger charge is 2.07. The van der Waals surface area contributed by atoms with Crippen LogP contribution in [0.4, 0.5) is 10.1 Å². The first-order valence-corrected chi connectivity index (χ1v) is 5.15. The smallest absolute Gasteiger partial charge is 0.274 e. The summed E-state index contributed by atoms with van der Waals surface area (Å²) >= 11 is 0. The number of hydrogen-bond donors (Lipinski definition) is 1. The van der Waals surface area contributed by atoms with E-state index in [9.17, 15) is 9.18 Å². The highest BCUT2D eigenvalue weighted by molar-refractivity contribution is 6.02. The van der Waals surface area contributed by atoms with E-state index in [1.165, 1.54) is 18.2 Å². The molecule has 0 aliphatic rings. The van der Waals surface area contributed by atoms with Crippen LogP contribution in [-0.2, 0) is 0 Å². The van der Waals surface area contributed by atoms with Crippen molar-refractivity contribution in [3.63, 3.8) is 0 Å². The summed E-state index contributed by atoms with van der Waals surface area (Å²) in [6.45, 7) is 1.88. The van der Waals surface area contributed by atoms with Crippen LogP contribution in [0.3, 0.4) is 0 Å². The Bertz CT molecular complexity index is 555. The van der Waals surface area contributed by atoms with Crippen molar-refractivity contribution in [2.24, 2.45) is 0 Å². The second-order valence-electron chi connectivity index (χ2n) is 3.68. The summed E-state index contributed by atoms with van der Waals surface area (Å²) in [5.41, 5.74) is 1.68. The molecule has 0 saturated heterocycles. The van der Waals surface area contributed by atoms with Gasteiger partial charge in [-0.1, -0.05) is 6.07 Å². The van der Waals surface area contributed by atoms with E-state index in [4.69, 9.17) is 0 Å². The van der Waals surface area contributed by atoms with Gasteiger partial charge in [0.05, 0.1) is 0 Å². The largest absolute Gasteiger partial charge is 0.321 e. The van der Waals surface area contributed by atoms with Crippen LogP contribution in [0.15, 0.2) is 42.6 Å². The molecular formula is C13H11FN2O. The molecule has 0 aliphatic carbocycles. The van der Waals surface area contributed by atoms with E-state index in [1.54, 1.807) is 24.4 Å². The number of halogens is 1. The molecule has 86 valence electrons. The van der Waals surface area contributed by atoms with Crippen molar-refractivity contribution in [1.82, 2.24) is 4.98 Å². The molecule has 1 aromatic carbocycles. The van der Waals surface area contributed by atoms with Crippen molar-refractivity contribution in [2.75, 3.05) is 5.32 Å². The molecule has 0 saturated carbocycles. The van der Waals surface area contributed by atoms with Crippen LogP contribution in [0.1, 0.15) is 16.1 Å². The first-order chi connectivity index (χ1) is 8.15. The van der Waals surface area contributed by atoms with E-state index >= 15 is 0 Å². The van der Waals surface area contributed by atoms with Gasteiger partial charge in [-0.15, -0.1) is 0 Å². The van der Waals surface area contributed by atoms with Gasteiger partial charge in [0.15, 0.2) is 0 Å². The van der Waals surface area contributed by atoms with E-state index in [2.05, 4.69) is 10.3 Å². The number of anilines is 1. The van der Waals surface area contributed by atoms with Crippen LogP contribution >= 0.6 is 0 Å². The fraction of sp³-hybridized carbons (Fsp3) is 0.0769. The van der Waals surface area contributed by atoms with Crippen LogP contribution in [-0.4, -0.2) is 10.9 Å². The summed E-state index contributed by atoms with van der Waals surface area (Å²) in [7, 11) is 0. The van der Waals surface area contributed by atoms with E-state index in [1.807, 2.05) is 6.92 Å². The Morgan fingerprint density at radius 2 is 2.12 bits per heavy atom. The second-order valence-corrected chi connectivity index (χ2v) is 3.68. The normalized spacial score (nSPS) is 10.0. The van der Waals surface area contributed by atoms with Crippen LogP contribution in [0.2, 0.25) is 0 Å². The zero-order valence-electron chi connectivity index (χ0n) is 9.27. The van der Waals surface area contributed by atoms with Crippen molar-refractivity contribution < 1.29 is 9.18 Å². The minimum absolute atomic E-state index is 0.314. The molecule has 1 heterocycles. The van der Waals surface area contributed by atoms with Gasteiger partial charge >= 0.3 is 0 Å². The lowest BCUT2D eigenvalue weighted by Crippen LogP contribution is -2.13. The Balaban J connectivity index is 2.17. The third kappa shape index (κ3) is 2.87. The Morgan fingerprint density at radius 3 is 2.82 bits per heavy atom. The topological polar surface area (TPSA) is 42.0 Å². The first-order valence-electron chi connectivity index (χ1n) is 5.15. The number of nitrogens with one attached hydrogen (secondary N) is 1. The van der Waals surface area contributed by atoms with Gasteiger partial charge in [0.2, 0.25) is 0 Å². The van der Waals surface area contributed by atoms with Crippen molar-refractivity contribution in [3.8, 4) is 0 Å². The minimum atomic E-state index is -0.389. The lowest BCUT2D eigenvalue weighted by atomic mass is 10.2. The number of pyridine rings is 1. The number of nitrogens with zero attached hydrogens (tertiary/aromatic N) is 1. The molecule has 1 N–H and O–H groups in total. The second kappa shape index (κ2) is 4.74. The molecule has 2 rings (SSSR count).